The first-order valence-electron chi connectivity index (χ1n) is 7.09. The minimum absolute atomic E-state index is 0.434. The molecule has 3 rings (SSSR count). The van der Waals surface area contributed by atoms with E-state index in [1.54, 1.807) is 7.11 Å². The first-order chi connectivity index (χ1) is 10.1. The minimum Gasteiger partial charge on any atom is -0.497 e. The summed E-state index contributed by atoms with van der Waals surface area (Å²) in [6.07, 6.45) is 1.91. The Bertz CT molecular complexity index is 773. The molecular formula is C17H19N3O. The first-order valence-corrected chi connectivity index (χ1v) is 7.09. The van der Waals surface area contributed by atoms with Crippen molar-refractivity contribution in [2.24, 2.45) is 0 Å². The summed E-state index contributed by atoms with van der Waals surface area (Å²) in [7, 11) is 1.67. The number of hydrogen-bond donors (Lipinski definition) is 0. The van der Waals surface area contributed by atoms with Gasteiger partial charge in [-0.05, 0) is 37.1 Å². The molecule has 2 heterocycles. The molecule has 4 nitrogen and oxygen atoms in total. The molecule has 0 amide bonds. The van der Waals surface area contributed by atoms with Crippen molar-refractivity contribution in [1.82, 2.24) is 14.5 Å². The van der Waals surface area contributed by atoms with Crippen LogP contribution in [0.4, 0.5) is 0 Å². The molecule has 0 N–H and O–H groups in total. The van der Waals surface area contributed by atoms with Crippen LogP contribution in [0, 0.1) is 6.92 Å². The molecule has 0 spiro atoms. The number of hydrogen-bond acceptors (Lipinski definition) is 3. The van der Waals surface area contributed by atoms with Crippen molar-refractivity contribution in [2.45, 2.75) is 26.7 Å². The average molecular weight is 281 g/mol. The van der Waals surface area contributed by atoms with Crippen molar-refractivity contribution in [3.05, 3.63) is 48.0 Å². The van der Waals surface area contributed by atoms with E-state index in [2.05, 4.69) is 40.5 Å². The normalized spacial score (nSPS) is 11.3. The maximum atomic E-state index is 5.26. The molecule has 0 aliphatic carbocycles. The number of aromatic nitrogens is 3. The van der Waals surface area contributed by atoms with Crippen LogP contribution in [0.1, 0.15) is 31.3 Å². The van der Waals surface area contributed by atoms with Crippen LogP contribution in [0.25, 0.3) is 16.7 Å². The molecule has 4 heteroatoms. The highest BCUT2D eigenvalue weighted by Gasteiger charge is 2.11. The van der Waals surface area contributed by atoms with Gasteiger partial charge in [-0.25, -0.2) is 4.98 Å². The Hall–Kier alpha value is -2.36. The van der Waals surface area contributed by atoms with Gasteiger partial charge < -0.3 is 4.74 Å². The van der Waals surface area contributed by atoms with Gasteiger partial charge in [0.1, 0.15) is 11.6 Å². The first kappa shape index (κ1) is 13.6. The fourth-order valence-electron chi connectivity index (χ4n) is 2.50. The van der Waals surface area contributed by atoms with Crippen LogP contribution < -0.4 is 4.74 Å². The molecule has 0 saturated heterocycles. The predicted molar refractivity (Wildman–Crippen MR) is 84.2 cm³/mol. The van der Waals surface area contributed by atoms with Crippen molar-refractivity contribution in [3.63, 3.8) is 0 Å². The summed E-state index contributed by atoms with van der Waals surface area (Å²) in [5.41, 5.74) is 4.12. The second-order valence-electron chi connectivity index (χ2n) is 5.45. The van der Waals surface area contributed by atoms with Crippen LogP contribution in [-0.4, -0.2) is 21.6 Å². The van der Waals surface area contributed by atoms with Gasteiger partial charge in [0.2, 0.25) is 0 Å². The SMILES string of the molecule is COc1ccc2c(c1)nc(C)n2-c1ccc(C(C)C)nc1. The van der Waals surface area contributed by atoms with Gasteiger partial charge in [0, 0.05) is 11.8 Å². The Morgan fingerprint density at radius 2 is 1.95 bits per heavy atom. The molecule has 0 radical (unpaired) electrons. The summed E-state index contributed by atoms with van der Waals surface area (Å²) in [4.78, 5) is 9.15. The Morgan fingerprint density at radius 1 is 1.14 bits per heavy atom. The largest absolute Gasteiger partial charge is 0.497 e. The number of fused-ring (bicyclic) bond motifs is 1. The number of nitrogens with zero attached hydrogens (tertiary/aromatic N) is 3. The topological polar surface area (TPSA) is 39.9 Å². The van der Waals surface area contributed by atoms with Gasteiger partial charge >= 0.3 is 0 Å². The van der Waals surface area contributed by atoms with E-state index in [4.69, 9.17) is 4.74 Å². The molecule has 3 aromatic rings. The lowest BCUT2D eigenvalue weighted by Gasteiger charge is -2.09. The fourth-order valence-corrected chi connectivity index (χ4v) is 2.50. The second kappa shape index (κ2) is 5.20. The smallest absolute Gasteiger partial charge is 0.121 e. The molecule has 1 aromatic carbocycles. The highest BCUT2D eigenvalue weighted by Crippen LogP contribution is 2.25. The van der Waals surface area contributed by atoms with Crippen LogP contribution in [-0.2, 0) is 0 Å². The third-order valence-corrected chi connectivity index (χ3v) is 3.65. The molecule has 2 aromatic heterocycles. The summed E-state index contributed by atoms with van der Waals surface area (Å²) >= 11 is 0. The maximum absolute atomic E-state index is 5.26. The van der Waals surface area contributed by atoms with Gasteiger partial charge in [-0.15, -0.1) is 0 Å². The highest BCUT2D eigenvalue weighted by molar-refractivity contribution is 5.79. The van der Waals surface area contributed by atoms with E-state index in [1.165, 1.54) is 0 Å². The molecule has 0 fully saturated rings. The standard InChI is InChI=1S/C17H19N3O/c1-11(2)15-7-5-13(10-18-15)20-12(3)19-16-9-14(21-4)6-8-17(16)20/h5-11H,1-4H3. The Balaban J connectivity index is 2.13. The number of rotatable bonds is 3. The second-order valence-corrected chi connectivity index (χ2v) is 5.45. The molecular weight excluding hydrogens is 262 g/mol. The molecule has 0 aliphatic rings. The average Bonchev–Trinajstić information content (AvgIpc) is 2.82. The Kier molecular flexibility index (Phi) is 3.37. The molecule has 0 bridgehead atoms. The van der Waals surface area contributed by atoms with E-state index in [1.807, 2.05) is 31.3 Å². The molecule has 21 heavy (non-hydrogen) atoms. The van der Waals surface area contributed by atoms with Gasteiger partial charge in [-0.1, -0.05) is 13.8 Å². The molecule has 0 atom stereocenters. The summed E-state index contributed by atoms with van der Waals surface area (Å²) in [6, 6.07) is 10.1. The van der Waals surface area contributed by atoms with E-state index in [0.29, 0.717) is 5.92 Å². The van der Waals surface area contributed by atoms with Crippen LogP contribution in [0.15, 0.2) is 36.5 Å². The van der Waals surface area contributed by atoms with Crippen LogP contribution in [0.5, 0.6) is 5.75 Å². The van der Waals surface area contributed by atoms with Gasteiger partial charge in [-0.2, -0.15) is 0 Å². The Morgan fingerprint density at radius 3 is 2.57 bits per heavy atom. The van der Waals surface area contributed by atoms with Crippen LogP contribution in [0.2, 0.25) is 0 Å². The van der Waals surface area contributed by atoms with Crippen LogP contribution >= 0.6 is 0 Å². The van der Waals surface area contributed by atoms with E-state index < -0.39 is 0 Å². The van der Waals surface area contributed by atoms with Crippen molar-refractivity contribution < 1.29 is 4.74 Å². The zero-order valence-corrected chi connectivity index (χ0v) is 12.8. The fraction of sp³-hybridized carbons (Fsp3) is 0.294. The van der Waals surface area contributed by atoms with E-state index >= 15 is 0 Å². The summed E-state index contributed by atoms with van der Waals surface area (Å²) in [5, 5.41) is 0. The third-order valence-electron chi connectivity index (χ3n) is 3.65. The van der Waals surface area contributed by atoms with Crippen molar-refractivity contribution in [2.75, 3.05) is 7.11 Å². The van der Waals surface area contributed by atoms with Gasteiger partial charge in [0.15, 0.2) is 0 Å². The zero-order chi connectivity index (χ0) is 15.0. The maximum Gasteiger partial charge on any atom is 0.121 e. The summed E-state index contributed by atoms with van der Waals surface area (Å²) in [6.45, 7) is 6.29. The number of pyridine rings is 1. The number of benzene rings is 1. The Labute approximate surface area is 124 Å². The highest BCUT2D eigenvalue weighted by atomic mass is 16.5. The molecule has 0 aliphatic heterocycles. The van der Waals surface area contributed by atoms with E-state index in [9.17, 15) is 0 Å². The van der Waals surface area contributed by atoms with Crippen LogP contribution in [0.3, 0.4) is 0 Å². The minimum atomic E-state index is 0.434. The lowest BCUT2D eigenvalue weighted by molar-refractivity contribution is 0.415. The quantitative estimate of drug-likeness (QED) is 0.732. The zero-order valence-electron chi connectivity index (χ0n) is 12.8. The van der Waals surface area contributed by atoms with Gasteiger partial charge in [-0.3, -0.25) is 9.55 Å². The van der Waals surface area contributed by atoms with Gasteiger partial charge in [0.25, 0.3) is 0 Å². The summed E-state index contributed by atoms with van der Waals surface area (Å²) < 4.78 is 7.37. The number of methoxy groups -OCH3 is 1. The number of aryl methyl sites for hydroxylation is 1. The third kappa shape index (κ3) is 2.37. The van der Waals surface area contributed by atoms with Crippen molar-refractivity contribution >= 4 is 11.0 Å². The molecule has 0 unspecified atom stereocenters. The molecule has 0 saturated carbocycles. The van der Waals surface area contributed by atoms with E-state index in [0.717, 1.165) is 34.0 Å². The van der Waals surface area contributed by atoms with E-state index in [-0.39, 0.29) is 0 Å². The molecule has 108 valence electrons. The predicted octanol–water partition coefficient (Wildman–Crippen LogP) is 3.86. The van der Waals surface area contributed by atoms with Crippen molar-refractivity contribution in [1.29, 1.82) is 0 Å². The summed E-state index contributed by atoms with van der Waals surface area (Å²) in [5.74, 6) is 2.20. The number of ether oxygens (including phenoxy) is 1. The van der Waals surface area contributed by atoms with Crippen molar-refractivity contribution in [3.8, 4) is 11.4 Å². The lowest BCUT2D eigenvalue weighted by Crippen LogP contribution is -1.99. The van der Waals surface area contributed by atoms with Gasteiger partial charge in [0.05, 0.1) is 30.0 Å². The lowest BCUT2D eigenvalue weighted by atomic mass is 10.1. The monoisotopic (exact) mass is 281 g/mol. The number of imidazole rings is 1.